The third kappa shape index (κ3) is 4.41. The number of nitrogens with zero attached hydrogens (tertiary/aromatic N) is 2. The highest BCUT2D eigenvalue weighted by Gasteiger charge is 2.14. The zero-order valence-electron chi connectivity index (χ0n) is 11.5. The molecule has 0 bridgehead atoms. The van der Waals surface area contributed by atoms with Crippen LogP contribution in [0, 0.1) is 11.3 Å². The second kappa shape index (κ2) is 7.78. The van der Waals surface area contributed by atoms with Gasteiger partial charge in [0.15, 0.2) is 0 Å². The Morgan fingerprint density at radius 3 is 2.48 bits per heavy atom. The highest BCUT2D eigenvalue weighted by Crippen LogP contribution is 2.20. The molecule has 106 valence electrons. The van der Waals surface area contributed by atoms with E-state index < -0.39 is 0 Å². The minimum Gasteiger partial charge on any atom is -0.342 e. The van der Waals surface area contributed by atoms with Crippen molar-refractivity contribution < 1.29 is 4.79 Å². The molecule has 1 atom stereocenters. The molecule has 5 heteroatoms. The van der Waals surface area contributed by atoms with Gasteiger partial charge in [-0.05, 0) is 23.3 Å². The molecule has 21 heavy (non-hydrogen) atoms. The fraction of sp³-hybridized carbons (Fsp3) is 0.188. The highest BCUT2D eigenvalue weighted by molar-refractivity contribution is 5.78. The molecule has 1 unspecified atom stereocenters. The van der Waals surface area contributed by atoms with E-state index in [0.717, 1.165) is 11.1 Å². The molecule has 5 nitrogen and oxygen atoms in total. The minimum atomic E-state index is -0.202. The fourth-order valence-corrected chi connectivity index (χ4v) is 2.02. The quantitative estimate of drug-likeness (QED) is 0.784. The maximum absolute atomic E-state index is 11.6. The van der Waals surface area contributed by atoms with Gasteiger partial charge in [-0.15, -0.1) is 0 Å². The number of hydrogen-bond acceptors (Lipinski definition) is 4. The van der Waals surface area contributed by atoms with Gasteiger partial charge >= 0.3 is 0 Å². The number of benzene rings is 1. The van der Waals surface area contributed by atoms with Crippen LogP contribution in [0.2, 0.25) is 0 Å². The van der Waals surface area contributed by atoms with Crippen LogP contribution in [0.25, 0.3) is 0 Å². The van der Waals surface area contributed by atoms with Crippen LogP contribution in [0.15, 0.2) is 54.9 Å². The van der Waals surface area contributed by atoms with E-state index in [1.807, 2.05) is 48.5 Å². The summed E-state index contributed by atoms with van der Waals surface area (Å²) in [6.07, 6.45) is 3.45. The Hall–Kier alpha value is -2.71. The predicted molar refractivity (Wildman–Crippen MR) is 79.1 cm³/mol. The third-order valence-electron chi connectivity index (χ3n) is 3.00. The van der Waals surface area contributed by atoms with E-state index in [0.29, 0.717) is 0 Å². The van der Waals surface area contributed by atoms with E-state index in [4.69, 9.17) is 5.26 Å². The van der Waals surface area contributed by atoms with Crippen molar-refractivity contribution in [1.29, 1.82) is 5.26 Å². The number of pyridine rings is 1. The molecule has 1 aromatic carbocycles. The summed E-state index contributed by atoms with van der Waals surface area (Å²) in [5.41, 5.74) is 2.10. The summed E-state index contributed by atoms with van der Waals surface area (Å²) in [5.74, 6) is -0.202. The van der Waals surface area contributed by atoms with E-state index in [9.17, 15) is 4.79 Å². The van der Waals surface area contributed by atoms with Crippen LogP contribution in [-0.2, 0) is 4.79 Å². The van der Waals surface area contributed by atoms with Crippen LogP contribution in [0.3, 0.4) is 0 Å². The number of amides is 1. The monoisotopic (exact) mass is 280 g/mol. The molecular formula is C16H16N4O. The molecule has 0 aliphatic carbocycles. The normalized spacial score (nSPS) is 11.4. The van der Waals surface area contributed by atoms with Gasteiger partial charge in [0.05, 0.1) is 18.7 Å². The van der Waals surface area contributed by atoms with Gasteiger partial charge in [-0.25, -0.2) is 0 Å². The summed E-state index contributed by atoms with van der Waals surface area (Å²) in [6.45, 7) is 0.162. The predicted octanol–water partition coefficient (Wildman–Crippen LogP) is 1.40. The van der Waals surface area contributed by atoms with Crippen LogP contribution >= 0.6 is 0 Å². The Morgan fingerprint density at radius 2 is 1.81 bits per heavy atom. The van der Waals surface area contributed by atoms with Gasteiger partial charge in [0.1, 0.15) is 6.54 Å². The average Bonchev–Trinajstić information content (AvgIpc) is 2.55. The number of nitrogens with one attached hydrogen (secondary N) is 2. The molecule has 1 amide bonds. The van der Waals surface area contributed by atoms with Crippen LogP contribution in [-0.4, -0.2) is 24.0 Å². The Kier molecular flexibility index (Phi) is 5.44. The molecule has 1 heterocycles. The number of carbonyl (C=O) groups is 1. The second-order valence-electron chi connectivity index (χ2n) is 4.44. The van der Waals surface area contributed by atoms with Crippen molar-refractivity contribution in [3.8, 4) is 6.07 Å². The summed E-state index contributed by atoms with van der Waals surface area (Å²) in [4.78, 5) is 15.6. The van der Waals surface area contributed by atoms with Crippen LogP contribution < -0.4 is 10.6 Å². The maximum atomic E-state index is 11.6. The summed E-state index contributed by atoms with van der Waals surface area (Å²) >= 11 is 0. The number of carbonyl (C=O) groups excluding carboxylic acids is 1. The topological polar surface area (TPSA) is 77.8 Å². The van der Waals surface area contributed by atoms with Gasteiger partial charge in [-0.1, -0.05) is 30.3 Å². The molecule has 0 saturated carbocycles. The smallest absolute Gasteiger partial charge is 0.234 e. The lowest BCUT2D eigenvalue weighted by Crippen LogP contribution is -2.36. The highest BCUT2D eigenvalue weighted by atomic mass is 16.1. The SMILES string of the molecule is N#CCNC(=O)CNC(c1ccccc1)c1ccncc1. The van der Waals surface area contributed by atoms with Crippen molar-refractivity contribution in [2.24, 2.45) is 0 Å². The summed E-state index contributed by atoms with van der Waals surface area (Å²) < 4.78 is 0. The van der Waals surface area contributed by atoms with Crippen LogP contribution in [0.1, 0.15) is 17.2 Å². The molecule has 1 aromatic heterocycles. The molecular weight excluding hydrogens is 264 g/mol. The molecule has 2 rings (SSSR count). The number of nitriles is 1. The van der Waals surface area contributed by atoms with Crippen LogP contribution in [0.5, 0.6) is 0 Å². The molecule has 0 aliphatic heterocycles. The van der Waals surface area contributed by atoms with Gasteiger partial charge in [0.2, 0.25) is 5.91 Å². The van der Waals surface area contributed by atoms with Crippen molar-refractivity contribution in [3.63, 3.8) is 0 Å². The lowest BCUT2D eigenvalue weighted by atomic mass is 10.00. The first kappa shape index (κ1) is 14.7. The van der Waals surface area contributed by atoms with E-state index >= 15 is 0 Å². The standard InChI is InChI=1S/C16H16N4O/c17-8-11-19-15(21)12-20-16(13-4-2-1-3-5-13)14-6-9-18-10-7-14/h1-7,9-10,16,20H,11-12H2,(H,19,21). The lowest BCUT2D eigenvalue weighted by molar-refractivity contribution is -0.120. The van der Waals surface area contributed by atoms with Crippen molar-refractivity contribution in [2.75, 3.05) is 13.1 Å². The van der Waals surface area contributed by atoms with Gasteiger partial charge in [-0.3, -0.25) is 15.1 Å². The van der Waals surface area contributed by atoms with E-state index in [-0.39, 0.29) is 25.0 Å². The van der Waals surface area contributed by atoms with Gasteiger partial charge in [0, 0.05) is 12.4 Å². The van der Waals surface area contributed by atoms with E-state index in [1.165, 1.54) is 0 Å². The third-order valence-corrected chi connectivity index (χ3v) is 3.00. The zero-order valence-corrected chi connectivity index (χ0v) is 11.5. The van der Waals surface area contributed by atoms with E-state index in [1.54, 1.807) is 12.4 Å². The van der Waals surface area contributed by atoms with Crippen molar-refractivity contribution >= 4 is 5.91 Å². The first-order valence-corrected chi connectivity index (χ1v) is 6.63. The lowest BCUT2D eigenvalue weighted by Gasteiger charge is -2.19. The van der Waals surface area contributed by atoms with Crippen molar-refractivity contribution in [3.05, 3.63) is 66.0 Å². The first-order valence-electron chi connectivity index (χ1n) is 6.63. The van der Waals surface area contributed by atoms with Gasteiger partial charge in [0.25, 0.3) is 0 Å². The first-order chi connectivity index (χ1) is 10.3. The van der Waals surface area contributed by atoms with Crippen LogP contribution in [0.4, 0.5) is 0 Å². The Bertz CT molecular complexity index is 568. The molecule has 2 aromatic rings. The van der Waals surface area contributed by atoms with Gasteiger partial charge in [-0.2, -0.15) is 5.26 Å². The average molecular weight is 280 g/mol. The van der Waals surface area contributed by atoms with Crippen molar-refractivity contribution in [1.82, 2.24) is 15.6 Å². The Morgan fingerprint density at radius 1 is 1.14 bits per heavy atom. The molecule has 0 aliphatic rings. The fourth-order valence-electron chi connectivity index (χ4n) is 2.02. The number of rotatable bonds is 6. The summed E-state index contributed by atoms with van der Waals surface area (Å²) in [5, 5.41) is 14.2. The molecule has 0 radical (unpaired) electrons. The summed E-state index contributed by atoms with van der Waals surface area (Å²) in [6, 6.07) is 15.5. The second-order valence-corrected chi connectivity index (χ2v) is 4.44. The zero-order chi connectivity index (χ0) is 14.9. The number of hydrogen-bond donors (Lipinski definition) is 2. The van der Waals surface area contributed by atoms with E-state index in [2.05, 4.69) is 15.6 Å². The van der Waals surface area contributed by atoms with Gasteiger partial charge < -0.3 is 5.32 Å². The minimum absolute atomic E-state index is 0.0196. The largest absolute Gasteiger partial charge is 0.342 e. The Labute approximate surface area is 123 Å². The summed E-state index contributed by atoms with van der Waals surface area (Å²) in [7, 11) is 0. The van der Waals surface area contributed by atoms with Crippen molar-refractivity contribution in [2.45, 2.75) is 6.04 Å². The number of aromatic nitrogens is 1. The molecule has 0 spiro atoms. The maximum Gasteiger partial charge on any atom is 0.234 e. The Balaban J connectivity index is 2.11. The molecule has 0 saturated heterocycles. The molecule has 0 fully saturated rings. The molecule has 2 N–H and O–H groups in total.